The van der Waals surface area contributed by atoms with Crippen LogP contribution < -0.4 is 27.3 Å². The zero-order chi connectivity index (χ0) is 36.8. The number of carbonyl (C=O) groups is 3. The Labute approximate surface area is 290 Å². The van der Waals surface area contributed by atoms with Gasteiger partial charge in [-0.25, -0.2) is 9.78 Å². The average Bonchev–Trinajstić information content (AvgIpc) is 3.48. The standard InChI is InChI=1S/C29H38N8O11S2/c1-27(2)21(24(40)37(27)48-50(43,44)45)35-23(39)20(17-11-49-26(32)34-17)36-47-28(3,25(41)42)19-7-5-14-8-15(4-6-18(14)46-19)22(31)33-16-9-29(10-16,12-30)13-38/h4,6,8,11,16,19,21,38H,5,7,9-10,12-13,30H2,1-3H3,(H2,31,33)(H2,32,34)(H,35,39)(H,41,42)(H,43,44,45). The summed E-state index contributed by atoms with van der Waals surface area (Å²) in [6, 6.07) is 3.74. The number of hydroxylamine groups is 2. The molecule has 19 nitrogen and oxygen atoms in total. The van der Waals surface area contributed by atoms with Crippen molar-refractivity contribution in [2.75, 3.05) is 18.9 Å². The number of aromatic nitrogens is 1. The summed E-state index contributed by atoms with van der Waals surface area (Å²) >= 11 is 0.956. The minimum atomic E-state index is -5.04. The number of hydrogen-bond acceptors (Lipinski definition) is 15. The first kappa shape index (κ1) is 36.9. The fraction of sp³-hybridized carbons (Fsp3) is 0.517. The second kappa shape index (κ2) is 13.4. The van der Waals surface area contributed by atoms with Gasteiger partial charge in [-0.2, -0.15) is 13.5 Å². The Hall–Kier alpha value is -4.41. The van der Waals surface area contributed by atoms with E-state index < -0.39 is 57.2 Å². The molecule has 3 heterocycles. The van der Waals surface area contributed by atoms with Crippen molar-refractivity contribution in [2.24, 2.45) is 27.0 Å². The number of anilines is 1. The number of aliphatic imine (C=N–C) groups is 1. The molecule has 0 radical (unpaired) electrons. The third-order valence-corrected chi connectivity index (χ3v) is 10.2. The average molecular weight is 739 g/mol. The van der Waals surface area contributed by atoms with Gasteiger partial charge in [0.05, 0.1) is 18.2 Å². The van der Waals surface area contributed by atoms with Crippen LogP contribution in [0, 0.1) is 5.41 Å². The number of nitrogen functional groups attached to an aromatic ring is 1. The lowest BCUT2D eigenvalue weighted by Crippen LogP contribution is -2.76. The molecule has 272 valence electrons. The molecule has 2 aromatic rings. The Morgan fingerprint density at radius 1 is 1.30 bits per heavy atom. The van der Waals surface area contributed by atoms with E-state index in [9.17, 15) is 33.0 Å². The Kier molecular flexibility index (Phi) is 9.86. The molecule has 3 aliphatic rings. The Morgan fingerprint density at radius 2 is 2.00 bits per heavy atom. The van der Waals surface area contributed by atoms with E-state index in [-0.39, 0.29) is 35.3 Å². The van der Waals surface area contributed by atoms with E-state index in [4.69, 9.17) is 31.3 Å². The van der Waals surface area contributed by atoms with Crippen LogP contribution >= 0.6 is 11.3 Å². The molecule has 1 saturated heterocycles. The highest BCUT2D eigenvalue weighted by atomic mass is 32.3. The van der Waals surface area contributed by atoms with Gasteiger partial charge in [0.15, 0.2) is 16.9 Å². The van der Waals surface area contributed by atoms with Crippen molar-refractivity contribution in [3.63, 3.8) is 0 Å². The number of rotatable bonds is 13. The van der Waals surface area contributed by atoms with E-state index in [1.54, 1.807) is 12.1 Å². The Morgan fingerprint density at radius 3 is 2.56 bits per heavy atom. The number of oxime groups is 1. The summed E-state index contributed by atoms with van der Waals surface area (Å²) in [6.45, 7) is 4.31. The van der Waals surface area contributed by atoms with Gasteiger partial charge in [-0.3, -0.25) is 19.1 Å². The molecule has 5 rings (SSSR count). The van der Waals surface area contributed by atoms with Crippen LogP contribution in [0.5, 0.6) is 5.75 Å². The number of nitrogens with two attached hydrogens (primary N) is 3. The number of hydrogen-bond donors (Lipinski definition) is 7. The van der Waals surface area contributed by atoms with Gasteiger partial charge in [-0.15, -0.1) is 15.6 Å². The summed E-state index contributed by atoms with van der Waals surface area (Å²) in [5, 5.41) is 28.0. The maximum absolute atomic E-state index is 13.5. The number of amides is 2. The number of amidine groups is 1. The Balaban J connectivity index is 1.33. The van der Waals surface area contributed by atoms with E-state index >= 15 is 0 Å². The largest absolute Gasteiger partial charge is 0.485 e. The lowest BCUT2D eigenvalue weighted by molar-refractivity contribution is -0.218. The van der Waals surface area contributed by atoms with E-state index in [0.717, 1.165) is 16.9 Å². The van der Waals surface area contributed by atoms with E-state index in [0.29, 0.717) is 48.0 Å². The molecule has 1 aliphatic carbocycles. The number of carbonyl (C=O) groups excluding carboxylic acids is 2. The number of nitrogens with zero attached hydrogens (tertiary/aromatic N) is 4. The molecule has 2 fully saturated rings. The van der Waals surface area contributed by atoms with Crippen molar-refractivity contribution < 1.29 is 51.4 Å². The van der Waals surface area contributed by atoms with Gasteiger partial charge in [-0.05, 0) is 70.2 Å². The summed E-state index contributed by atoms with van der Waals surface area (Å²) in [4.78, 5) is 52.9. The Bertz CT molecular complexity index is 1850. The molecular weight excluding hydrogens is 700 g/mol. The van der Waals surface area contributed by atoms with Gasteiger partial charge < -0.3 is 42.3 Å². The van der Waals surface area contributed by atoms with Crippen molar-refractivity contribution in [2.45, 2.75) is 75.8 Å². The topological polar surface area (TPSA) is 305 Å². The van der Waals surface area contributed by atoms with Crippen molar-refractivity contribution in [3.8, 4) is 5.75 Å². The van der Waals surface area contributed by atoms with E-state index in [2.05, 4.69) is 24.7 Å². The number of thiazole rings is 1. The molecular formula is C29H38N8O11S2. The SMILES string of the molecule is CC(ON=C(C(=O)NC1C(=O)N(OS(=O)(=O)O)C1(C)C)c1csc(N)n1)(C(=O)O)C1CCc2cc(C(N)=NC3CC(CN)(CO)C3)ccc2O1. The van der Waals surface area contributed by atoms with Gasteiger partial charge in [-0.1, -0.05) is 5.16 Å². The van der Waals surface area contributed by atoms with Crippen molar-refractivity contribution in [1.82, 2.24) is 15.4 Å². The predicted molar refractivity (Wildman–Crippen MR) is 177 cm³/mol. The van der Waals surface area contributed by atoms with Gasteiger partial charge in [0.25, 0.3) is 17.4 Å². The van der Waals surface area contributed by atoms with Crippen LogP contribution in [0.4, 0.5) is 5.13 Å². The zero-order valence-corrected chi connectivity index (χ0v) is 28.9. The molecule has 2 amide bonds. The number of aryl methyl sites for hydroxylation is 1. The molecule has 2 aliphatic heterocycles. The molecule has 1 saturated carbocycles. The molecule has 3 atom stereocenters. The maximum Gasteiger partial charge on any atom is 0.418 e. The normalized spacial score (nSPS) is 26.1. The number of aliphatic hydroxyl groups is 1. The first-order chi connectivity index (χ1) is 23.3. The monoisotopic (exact) mass is 738 g/mol. The van der Waals surface area contributed by atoms with Crippen LogP contribution in [0.2, 0.25) is 0 Å². The predicted octanol–water partition coefficient (Wildman–Crippen LogP) is -0.672. The number of aliphatic hydroxyl groups excluding tert-OH is 1. The van der Waals surface area contributed by atoms with Crippen molar-refractivity contribution in [3.05, 3.63) is 40.4 Å². The first-order valence-electron chi connectivity index (χ1n) is 15.3. The molecule has 0 spiro atoms. The lowest BCUT2D eigenvalue weighted by Gasteiger charge is -2.50. The minimum Gasteiger partial charge on any atom is -0.485 e. The zero-order valence-electron chi connectivity index (χ0n) is 27.2. The van der Waals surface area contributed by atoms with Crippen LogP contribution in [0.3, 0.4) is 0 Å². The minimum absolute atomic E-state index is 0.0123. The number of benzene rings is 1. The van der Waals surface area contributed by atoms with Crippen molar-refractivity contribution >= 4 is 56.2 Å². The highest BCUT2D eigenvalue weighted by Gasteiger charge is 2.58. The summed E-state index contributed by atoms with van der Waals surface area (Å²) < 4.78 is 41.7. The molecule has 1 aromatic carbocycles. The number of aliphatic carboxylic acids is 1. The van der Waals surface area contributed by atoms with Crippen LogP contribution in [0.25, 0.3) is 0 Å². The molecule has 0 bridgehead atoms. The number of nitrogens with one attached hydrogen (secondary N) is 1. The first-order valence-corrected chi connectivity index (χ1v) is 17.5. The van der Waals surface area contributed by atoms with Gasteiger partial charge in [0, 0.05) is 22.9 Å². The third-order valence-electron chi connectivity index (χ3n) is 9.20. The molecule has 50 heavy (non-hydrogen) atoms. The van der Waals surface area contributed by atoms with Gasteiger partial charge in [0.1, 0.15) is 23.3 Å². The number of carboxylic acid groups (broad SMARTS) is 1. The van der Waals surface area contributed by atoms with Crippen LogP contribution in [-0.2, 0) is 40.3 Å². The fourth-order valence-corrected chi connectivity index (χ4v) is 7.00. The van der Waals surface area contributed by atoms with E-state index in [1.165, 1.54) is 26.2 Å². The molecule has 1 aromatic heterocycles. The van der Waals surface area contributed by atoms with Gasteiger partial charge >= 0.3 is 16.4 Å². The van der Waals surface area contributed by atoms with Crippen LogP contribution in [-0.4, -0.2) is 105 Å². The number of ether oxygens (including phenoxy) is 1. The highest BCUT2D eigenvalue weighted by molar-refractivity contribution is 7.80. The highest BCUT2D eigenvalue weighted by Crippen LogP contribution is 2.42. The summed E-state index contributed by atoms with van der Waals surface area (Å²) in [7, 11) is -5.04. The number of fused-ring (bicyclic) bond motifs is 1. The fourth-order valence-electron chi connectivity index (χ4n) is 5.99. The van der Waals surface area contributed by atoms with Gasteiger partial charge in [0.2, 0.25) is 0 Å². The summed E-state index contributed by atoms with van der Waals surface area (Å²) in [5.74, 6) is -2.79. The molecule has 3 unspecified atom stereocenters. The molecule has 21 heteroatoms. The second-order valence-electron chi connectivity index (χ2n) is 13.1. The second-order valence-corrected chi connectivity index (χ2v) is 15.0. The summed E-state index contributed by atoms with van der Waals surface area (Å²) in [5.41, 5.74) is 14.7. The van der Waals surface area contributed by atoms with Crippen molar-refractivity contribution in [1.29, 1.82) is 0 Å². The third kappa shape index (κ3) is 7.09. The maximum atomic E-state index is 13.5. The summed E-state index contributed by atoms with van der Waals surface area (Å²) in [6.07, 6.45) is 0.719. The van der Waals surface area contributed by atoms with E-state index in [1.807, 2.05) is 6.07 Å². The number of carboxylic acids is 1. The lowest BCUT2D eigenvalue weighted by atomic mass is 9.66. The molecule has 10 N–H and O–H groups in total. The van der Waals surface area contributed by atoms with Crippen LogP contribution in [0.15, 0.2) is 33.7 Å². The quantitative estimate of drug-likeness (QED) is 0.0441. The number of β-lactam (4-membered cyclic amide) rings is 1. The smallest absolute Gasteiger partial charge is 0.418 e. The van der Waals surface area contributed by atoms with Crippen LogP contribution in [0.1, 0.15) is 56.9 Å².